The van der Waals surface area contributed by atoms with Crippen molar-refractivity contribution < 1.29 is 0 Å². The van der Waals surface area contributed by atoms with Crippen LogP contribution in [0.4, 0.5) is 0 Å². The number of halogens is 2. The van der Waals surface area contributed by atoms with Gasteiger partial charge in [0.15, 0.2) is 10.6 Å². The van der Waals surface area contributed by atoms with E-state index in [9.17, 15) is 0 Å². The first kappa shape index (κ1) is 12.5. The van der Waals surface area contributed by atoms with Crippen LogP contribution in [0, 0.1) is 4.77 Å². The molecule has 0 atom stereocenters. The first-order valence-corrected chi connectivity index (χ1v) is 6.27. The van der Waals surface area contributed by atoms with E-state index in [2.05, 4.69) is 22.1 Å². The molecule has 90 valence electrons. The van der Waals surface area contributed by atoms with Gasteiger partial charge in [-0.2, -0.15) is 5.10 Å². The summed E-state index contributed by atoms with van der Waals surface area (Å²) in [5, 5.41) is 7.63. The summed E-state index contributed by atoms with van der Waals surface area (Å²) >= 11 is 16.9. The molecular formula is C10H10Cl2N4S. The van der Waals surface area contributed by atoms with Gasteiger partial charge in [-0.3, -0.25) is 5.10 Å². The lowest BCUT2D eigenvalue weighted by Gasteiger charge is -2.05. The number of nitrogens with zero attached hydrogens (tertiary/aromatic N) is 3. The van der Waals surface area contributed by atoms with Gasteiger partial charge in [0.1, 0.15) is 10.3 Å². The molecule has 7 heteroatoms. The molecule has 2 rings (SSSR count). The Kier molecular flexibility index (Phi) is 3.81. The second-order valence-corrected chi connectivity index (χ2v) is 4.67. The summed E-state index contributed by atoms with van der Waals surface area (Å²) in [6, 6.07) is 3.43. The van der Waals surface area contributed by atoms with Gasteiger partial charge in [0.05, 0.1) is 0 Å². The van der Waals surface area contributed by atoms with Crippen molar-refractivity contribution >= 4 is 35.4 Å². The minimum Gasteiger partial charge on any atom is -0.300 e. The van der Waals surface area contributed by atoms with Gasteiger partial charge >= 0.3 is 0 Å². The van der Waals surface area contributed by atoms with Crippen molar-refractivity contribution in [2.45, 2.75) is 19.9 Å². The maximum absolute atomic E-state index is 5.87. The molecule has 0 amide bonds. The number of aromatic nitrogens is 4. The van der Waals surface area contributed by atoms with Gasteiger partial charge < -0.3 is 4.57 Å². The van der Waals surface area contributed by atoms with E-state index in [0.717, 1.165) is 24.4 Å². The van der Waals surface area contributed by atoms with Crippen LogP contribution in [0.2, 0.25) is 10.3 Å². The smallest absolute Gasteiger partial charge is 0.195 e. The van der Waals surface area contributed by atoms with Crippen molar-refractivity contribution in [1.29, 1.82) is 0 Å². The molecule has 0 aromatic carbocycles. The Morgan fingerprint density at radius 2 is 2.00 bits per heavy atom. The molecule has 0 radical (unpaired) electrons. The molecule has 0 spiro atoms. The van der Waals surface area contributed by atoms with Gasteiger partial charge in [-0.15, -0.1) is 0 Å². The number of rotatable bonds is 3. The van der Waals surface area contributed by atoms with Gasteiger partial charge in [0.2, 0.25) is 0 Å². The highest BCUT2D eigenvalue weighted by Gasteiger charge is 2.10. The van der Waals surface area contributed by atoms with Gasteiger partial charge in [-0.25, -0.2) is 4.98 Å². The number of pyridine rings is 1. The molecule has 0 fully saturated rings. The molecule has 0 aliphatic rings. The first-order chi connectivity index (χ1) is 8.11. The van der Waals surface area contributed by atoms with Crippen molar-refractivity contribution in [3.8, 4) is 11.4 Å². The summed E-state index contributed by atoms with van der Waals surface area (Å²) in [7, 11) is 0. The van der Waals surface area contributed by atoms with Crippen LogP contribution in [-0.2, 0) is 6.54 Å². The van der Waals surface area contributed by atoms with E-state index >= 15 is 0 Å². The zero-order valence-electron chi connectivity index (χ0n) is 9.07. The van der Waals surface area contributed by atoms with Crippen molar-refractivity contribution in [1.82, 2.24) is 19.7 Å². The lowest BCUT2D eigenvalue weighted by Crippen LogP contribution is -2.00. The van der Waals surface area contributed by atoms with Gasteiger partial charge in [-0.05, 0) is 30.8 Å². The van der Waals surface area contributed by atoms with E-state index < -0.39 is 0 Å². The van der Waals surface area contributed by atoms with Crippen LogP contribution < -0.4 is 0 Å². The molecular weight excluding hydrogens is 279 g/mol. The van der Waals surface area contributed by atoms with Crippen LogP contribution in [0.15, 0.2) is 12.1 Å². The molecule has 1 N–H and O–H groups in total. The quantitative estimate of drug-likeness (QED) is 0.692. The van der Waals surface area contributed by atoms with Crippen LogP contribution in [0.25, 0.3) is 11.4 Å². The highest BCUT2D eigenvalue weighted by molar-refractivity contribution is 7.71. The number of H-pyrrole nitrogens is 1. The van der Waals surface area contributed by atoms with E-state index in [0.29, 0.717) is 15.1 Å². The second kappa shape index (κ2) is 5.16. The normalized spacial score (nSPS) is 10.8. The Morgan fingerprint density at radius 3 is 2.59 bits per heavy atom. The Labute approximate surface area is 114 Å². The number of aromatic amines is 1. The summed E-state index contributed by atoms with van der Waals surface area (Å²) in [5.41, 5.74) is 0.802. The maximum Gasteiger partial charge on any atom is 0.195 e. The molecule has 0 saturated carbocycles. The monoisotopic (exact) mass is 288 g/mol. The average molecular weight is 289 g/mol. The van der Waals surface area contributed by atoms with Gasteiger partial charge in [0.25, 0.3) is 0 Å². The highest BCUT2D eigenvalue weighted by atomic mass is 35.5. The van der Waals surface area contributed by atoms with Crippen LogP contribution in [0.1, 0.15) is 13.3 Å². The zero-order chi connectivity index (χ0) is 12.4. The molecule has 2 heterocycles. The Bertz CT molecular complexity index is 570. The predicted molar refractivity (Wildman–Crippen MR) is 71.0 cm³/mol. The van der Waals surface area contributed by atoms with Gasteiger partial charge in [-0.1, -0.05) is 30.1 Å². The van der Waals surface area contributed by atoms with E-state index in [4.69, 9.17) is 35.4 Å². The van der Waals surface area contributed by atoms with Crippen LogP contribution >= 0.6 is 35.4 Å². The molecule has 0 unspecified atom stereocenters. The van der Waals surface area contributed by atoms with E-state index in [-0.39, 0.29) is 0 Å². The summed E-state index contributed by atoms with van der Waals surface area (Å²) in [6.45, 7) is 2.87. The van der Waals surface area contributed by atoms with Crippen LogP contribution in [-0.4, -0.2) is 19.7 Å². The van der Waals surface area contributed by atoms with Crippen molar-refractivity contribution in [3.05, 3.63) is 27.2 Å². The standard InChI is InChI=1S/C10H10Cl2N4S/c1-2-3-16-9(14-15-10(16)17)6-4-7(11)13-8(12)5-6/h4-5H,2-3H2,1H3,(H,15,17). The molecule has 2 aromatic heterocycles. The molecule has 17 heavy (non-hydrogen) atoms. The lowest BCUT2D eigenvalue weighted by atomic mass is 10.2. The Morgan fingerprint density at radius 1 is 1.35 bits per heavy atom. The summed E-state index contributed by atoms with van der Waals surface area (Å²) in [5.74, 6) is 0.725. The SMILES string of the molecule is CCCn1c(-c2cc(Cl)nc(Cl)c2)n[nH]c1=S. The Balaban J connectivity index is 2.56. The number of hydrogen-bond acceptors (Lipinski definition) is 3. The number of hydrogen-bond donors (Lipinski definition) is 1. The van der Waals surface area contributed by atoms with E-state index in [1.807, 2.05) is 4.57 Å². The van der Waals surface area contributed by atoms with Crippen molar-refractivity contribution in [2.24, 2.45) is 0 Å². The second-order valence-electron chi connectivity index (χ2n) is 3.51. The minimum atomic E-state index is 0.337. The third-order valence-electron chi connectivity index (χ3n) is 2.23. The topological polar surface area (TPSA) is 46.5 Å². The first-order valence-electron chi connectivity index (χ1n) is 5.10. The van der Waals surface area contributed by atoms with E-state index in [1.165, 1.54) is 0 Å². The Hall–Kier alpha value is -0.910. The summed E-state index contributed by atoms with van der Waals surface area (Å²) in [6.07, 6.45) is 0.966. The van der Waals surface area contributed by atoms with Crippen LogP contribution in [0.5, 0.6) is 0 Å². The van der Waals surface area contributed by atoms with Crippen LogP contribution in [0.3, 0.4) is 0 Å². The molecule has 2 aromatic rings. The fourth-order valence-corrected chi connectivity index (χ4v) is 2.25. The summed E-state index contributed by atoms with van der Waals surface area (Å²) in [4.78, 5) is 3.90. The maximum atomic E-state index is 5.87. The fourth-order valence-electron chi connectivity index (χ4n) is 1.56. The third-order valence-corrected chi connectivity index (χ3v) is 2.93. The molecule has 0 saturated heterocycles. The van der Waals surface area contributed by atoms with E-state index in [1.54, 1.807) is 12.1 Å². The molecule has 4 nitrogen and oxygen atoms in total. The molecule has 0 aliphatic carbocycles. The zero-order valence-corrected chi connectivity index (χ0v) is 11.4. The lowest BCUT2D eigenvalue weighted by molar-refractivity contribution is 0.675. The predicted octanol–water partition coefficient (Wildman–Crippen LogP) is 3.72. The molecule has 0 aliphatic heterocycles. The third kappa shape index (κ3) is 2.68. The highest BCUT2D eigenvalue weighted by Crippen LogP contribution is 2.23. The van der Waals surface area contributed by atoms with Crippen molar-refractivity contribution in [2.75, 3.05) is 0 Å². The number of nitrogens with one attached hydrogen (secondary N) is 1. The fraction of sp³-hybridized carbons (Fsp3) is 0.300. The minimum absolute atomic E-state index is 0.337. The average Bonchev–Trinajstić information content (AvgIpc) is 2.60. The largest absolute Gasteiger partial charge is 0.300 e. The summed E-state index contributed by atoms with van der Waals surface area (Å²) < 4.78 is 2.50. The van der Waals surface area contributed by atoms with Gasteiger partial charge in [0, 0.05) is 12.1 Å². The molecule has 0 bridgehead atoms. The van der Waals surface area contributed by atoms with Crippen molar-refractivity contribution in [3.63, 3.8) is 0 Å².